The Balaban J connectivity index is 1.62. The Morgan fingerprint density at radius 3 is 2.25 bits per heavy atom. The summed E-state index contributed by atoms with van der Waals surface area (Å²) in [5, 5.41) is 1.12. The first-order chi connectivity index (χ1) is 13.4. The molecule has 0 fully saturated rings. The van der Waals surface area contributed by atoms with Gasteiger partial charge in [-0.1, -0.05) is 48.5 Å². The van der Waals surface area contributed by atoms with E-state index in [-0.39, 0.29) is 12.2 Å². The van der Waals surface area contributed by atoms with Gasteiger partial charge in [-0.15, -0.1) is 0 Å². The Kier molecular flexibility index (Phi) is 6.26. The van der Waals surface area contributed by atoms with Crippen LogP contribution in [0.5, 0.6) is 0 Å². The Morgan fingerprint density at radius 2 is 1.64 bits per heavy atom. The Hall–Kier alpha value is -2.93. The maximum absolute atomic E-state index is 12.7. The highest BCUT2D eigenvalue weighted by Gasteiger charge is 2.31. The van der Waals surface area contributed by atoms with Crippen LogP contribution < -0.4 is 4.90 Å². The van der Waals surface area contributed by atoms with Gasteiger partial charge in [0.1, 0.15) is 0 Å². The molecule has 1 aliphatic rings. The molecule has 0 bridgehead atoms. The van der Waals surface area contributed by atoms with Gasteiger partial charge >= 0.3 is 5.97 Å². The van der Waals surface area contributed by atoms with Crippen LogP contribution in [0.25, 0.3) is 0 Å². The number of nitrogens with zero attached hydrogens (tertiary/aromatic N) is 1. The van der Waals surface area contributed by atoms with E-state index >= 15 is 0 Å². The molecule has 0 saturated heterocycles. The minimum absolute atomic E-state index is 0.167. The van der Waals surface area contributed by atoms with Crippen molar-refractivity contribution in [2.24, 2.45) is 0 Å². The Bertz CT molecular complexity index is 955. The largest absolute Gasteiger partial charge is 0.456 e. The average molecular weight is 399 g/mol. The zero-order chi connectivity index (χ0) is 20.0. The zero-order valence-electron chi connectivity index (χ0n) is 15.2. The summed E-state index contributed by atoms with van der Waals surface area (Å²) in [6.07, 6.45) is 2.18. The molecule has 6 nitrogen and oxygen atoms in total. The van der Waals surface area contributed by atoms with E-state index in [1.54, 1.807) is 30.3 Å². The van der Waals surface area contributed by atoms with Gasteiger partial charge in [-0.2, -0.15) is 0 Å². The molecule has 28 heavy (non-hydrogen) atoms. The van der Waals surface area contributed by atoms with Crippen LogP contribution in [0.2, 0.25) is 0 Å². The summed E-state index contributed by atoms with van der Waals surface area (Å²) in [7, 11) is -3.33. The smallest absolute Gasteiger partial charge is 0.306 e. The van der Waals surface area contributed by atoms with Crippen LogP contribution >= 0.6 is 0 Å². The molecule has 7 heteroatoms. The molecule has 0 aliphatic carbocycles. The number of anilines is 1. The van der Waals surface area contributed by atoms with Crippen LogP contribution in [-0.4, -0.2) is 38.7 Å². The van der Waals surface area contributed by atoms with Crippen molar-refractivity contribution in [1.29, 1.82) is 0 Å². The van der Waals surface area contributed by atoms with E-state index in [1.807, 2.05) is 30.3 Å². The summed E-state index contributed by atoms with van der Waals surface area (Å²) in [4.78, 5) is 26.1. The van der Waals surface area contributed by atoms with Crippen LogP contribution in [0.4, 0.5) is 5.69 Å². The van der Waals surface area contributed by atoms with E-state index in [0.29, 0.717) is 12.1 Å². The number of benzene rings is 2. The van der Waals surface area contributed by atoms with Crippen LogP contribution in [0.3, 0.4) is 0 Å². The molecule has 0 N–H and O–H groups in total. The molecule has 1 aliphatic heterocycles. The maximum atomic E-state index is 12.7. The average Bonchev–Trinajstić information content (AvgIpc) is 3.06. The predicted octanol–water partition coefficient (Wildman–Crippen LogP) is 2.51. The summed E-state index contributed by atoms with van der Waals surface area (Å²) in [5.74, 6) is -1.12. The molecule has 1 atom stereocenters. The summed E-state index contributed by atoms with van der Waals surface area (Å²) in [6, 6.07) is 17.7. The molecule has 0 spiro atoms. The van der Waals surface area contributed by atoms with Crippen molar-refractivity contribution in [2.45, 2.75) is 18.9 Å². The van der Waals surface area contributed by atoms with Gasteiger partial charge in [0.25, 0.3) is 5.91 Å². The van der Waals surface area contributed by atoms with Crippen molar-refractivity contribution >= 4 is 27.4 Å². The molecule has 2 aromatic carbocycles. The number of aryl methyl sites for hydroxylation is 1. The molecule has 3 rings (SSSR count). The molecule has 0 saturated carbocycles. The van der Waals surface area contributed by atoms with Gasteiger partial charge in [0.2, 0.25) is 0 Å². The molecule has 1 amide bonds. The molecule has 2 aromatic rings. The number of esters is 1. The van der Waals surface area contributed by atoms with Gasteiger partial charge in [0.15, 0.2) is 16.4 Å². The Labute approximate surface area is 164 Å². The SMILES string of the molecule is O=C(CCc1ccccc1)OCC(=O)N(c1ccccc1)[C@@H]1C=CS(=O)(=O)C1. The highest BCUT2D eigenvalue weighted by molar-refractivity contribution is 7.94. The van der Waals surface area contributed by atoms with Crippen molar-refractivity contribution in [1.82, 2.24) is 0 Å². The van der Waals surface area contributed by atoms with Crippen molar-refractivity contribution in [3.63, 3.8) is 0 Å². The molecule has 1 heterocycles. The van der Waals surface area contributed by atoms with Gasteiger partial charge in [-0.05, 0) is 30.2 Å². The van der Waals surface area contributed by atoms with Crippen molar-refractivity contribution in [2.75, 3.05) is 17.3 Å². The second-order valence-corrected chi connectivity index (χ2v) is 8.40. The fourth-order valence-electron chi connectivity index (χ4n) is 3.00. The van der Waals surface area contributed by atoms with E-state index in [4.69, 9.17) is 4.74 Å². The van der Waals surface area contributed by atoms with E-state index in [2.05, 4.69) is 0 Å². The third-order valence-electron chi connectivity index (χ3n) is 4.36. The predicted molar refractivity (Wildman–Crippen MR) is 106 cm³/mol. The number of amides is 1. The lowest BCUT2D eigenvalue weighted by Gasteiger charge is -2.27. The van der Waals surface area contributed by atoms with Crippen LogP contribution in [0.1, 0.15) is 12.0 Å². The van der Waals surface area contributed by atoms with Crippen LogP contribution in [0.15, 0.2) is 72.1 Å². The number of rotatable bonds is 7. The summed E-state index contributed by atoms with van der Waals surface area (Å²) in [5.41, 5.74) is 1.57. The monoisotopic (exact) mass is 399 g/mol. The number of carbonyl (C=O) groups is 2. The Morgan fingerprint density at radius 1 is 1.00 bits per heavy atom. The molecular formula is C21H21NO5S. The normalized spacial score (nSPS) is 17.2. The molecule has 0 unspecified atom stereocenters. The van der Waals surface area contributed by atoms with E-state index in [1.165, 1.54) is 11.0 Å². The summed E-state index contributed by atoms with van der Waals surface area (Å²) >= 11 is 0. The number of para-hydroxylation sites is 1. The molecular weight excluding hydrogens is 378 g/mol. The highest BCUT2D eigenvalue weighted by atomic mass is 32.2. The lowest BCUT2D eigenvalue weighted by Crippen LogP contribution is -2.43. The second-order valence-electron chi connectivity index (χ2n) is 6.47. The van der Waals surface area contributed by atoms with Gasteiger partial charge in [0.05, 0.1) is 11.8 Å². The van der Waals surface area contributed by atoms with E-state index in [0.717, 1.165) is 11.0 Å². The van der Waals surface area contributed by atoms with Crippen molar-refractivity contribution in [3.8, 4) is 0 Å². The van der Waals surface area contributed by atoms with E-state index < -0.39 is 34.4 Å². The third kappa shape index (κ3) is 5.29. The number of ether oxygens (including phenoxy) is 1. The topological polar surface area (TPSA) is 80.8 Å². The minimum atomic E-state index is -3.33. The third-order valence-corrected chi connectivity index (χ3v) is 5.74. The number of sulfone groups is 1. The van der Waals surface area contributed by atoms with Crippen molar-refractivity contribution in [3.05, 3.63) is 77.7 Å². The van der Waals surface area contributed by atoms with Gasteiger partial charge < -0.3 is 9.64 Å². The van der Waals surface area contributed by atoms with Gasteiger partial charge in [0, 0.05) is 17.5 Å². The lowest BCUT2D eigenvalue weighted by atomic mass is 10.1. The quantitative estimate of drug-likeness (QED) is 0.669. The standard InChI is InChI=1S/C21H21NO5S/c23-20(15-27-21(24)12-11-17-7-3-1-4-8-17)22(18-9-5-2-6-10-18)19-13-14-28(25,26)16-19/h1-10,13-14,19H,11-12,15-16H2/t19-/m1/s1. The number of hydrogen-bond acceptors (Lipinski definition) is 5. The fraction of sp³-hybridized carbons (Fsp3) is 0.238. The maximum Gasteiger partial charge on any atom is 0.306 e. The molecule has 146 valence electrons. The highest BCUT2D eigenvalue weighted by Crippen LogP contribution is 2.22. The zero-order valence-corrected chi connectivity index (χ0v) is 16.0. The van der Waals surface area contributed by atoms with Gasteiger partial charge in [-0.3, -0.25) is 9.59 Å². The van der Waals surface area contributed by atoms with E-state index in [9.17, 15) is 18.0 Å². The van der Waals surface area contributed by atoms with Crippen LogP contribution in [-0.2, 0) is 30.6 Å². The van der Waals surface area contributed by atoms with Gasteiger partial charge in [-0.25, -0.2) is 8.42 Å². The molecule has 0 radical (unpaired) electrons. The summed E-state index contributed by atoms with van der Waals surface area (Å²) < 4.78 is 28.7. The fourth-order valence-corrected chi connectivity index (χ4v) is 4.27. The first kappa shape index (κ1) is 19.8. The number of hydrogen-bond donors (Lipinski definition) is 0. The molecule has 0 aromatic heterocycles. The lowest BCUT2D eigenvalue weighted by molar-refractivity contribution is -0.147. The number of carbonyl (C=O) groups excluding carboxylic acids is 2. The first-order valence-corrected chi connectivity index (χ1v) is 10.6. The second kappa shape index (κ2) is 8.84. The van der Waals surface area contributed by atoms with Crippen molar-refractivity contribution < 1.29 is 22.7 Å². The van der Waals surface area contributed by atoms with Crippen LogP contribution in [0, 0.1) is 0 Å². The minimum Gasteiger partial charge on any atom is -0.456 e. The first-order valence-electron chi connectivity index (χ1n) is 8.92. The summed E-state index contributed by atoms with van der Waals surface area (Å²) in [6.45, 7) is -0.438.